The molecule has 0 spiro atoms. The second-order valence-corrected chi connectivity index (χ2v) is 15.9. The predicted molar refractivity (Wildman–Crippen MR) is 203 cm³/mol. The van der Waals surface area contributed by atoms with E-state index in [9.17, 15) is 44.6 Å². The number of hydrogen-bond acceptors (Lipinski definition) is 12. The lowest BCUT2D eigenvalue weighted by atomic mass is 9.85. The van der Waals surface area contributed by atoms with E-state index in [0.717, 1.165) is 44.9 Å². The molecule has 0 aromatic heterocycles. The van der Waals surface area contributed by atoms with E-state index in [1.54, 1.807) is 0 Å². The maximum absolute atomic E-state index is 12.7. The van der Waals surface area contributed by atoms with Gasteiger partial charge in [-0.2, -0.15) is 0 Å². The summed E-state index contributed by atoms with van der Waals surface area (Å²) in [7, 11) is -5.11. The molecule has 0 bridgehead atoms. The van der Waals surface area contributed by atoms with Crippen LogP contribution in [0, 0.1) is 0 Å². The molecule has 0 aromatic carbocycles. The average Bonchev–Trinajstić information content (AvgIpc) is 3.13. The highest BCUT2D eigenvalue weighted by atomic mass is 31.2. The van der Waals surface area contributed by atoms with Crippen molar-refractivity contribution in [2.24, 2.45) is 0 Å². The largest absolute Gasteiger partial charge is 0.472 e. The molecule has 1 rings (SSSR count). The van der Waals surface area contributed by atoms with E-state index in [2.05, 4.69) is 26.0 Å². The van der Waals surface area contributed by atoms with Crippen molar-refractivity contribution in [2.75, 3.05) is 13.2 Å². The van der Waals surface area contributed by atoms with Crippen LogP contribution in [0.3, 0.4) is 0 Å². The highest BCUT2D eigenvalue weighted by molar-refractivity contribution is 7.47. The lowest BCUT2D eigenvalue weighted by Crippen LogP contribution is -2.64. The summed E-state index contributed by atoms with van der Waals surface area (Å²) in [6, 6.07) is 0. The average molecular weight is 781 g/mol. The minimum Gasteiger partial charge on any atom is -0.462 e. The van der Waals surface area contributed by atoms with Crippen LogP contribution < -0.4 is 0 Å². The van der Waals surface area contributed by atoms with Gasteiger partial charge in [0.25, 0.3) is 0 Å². The molecule has 6 N–H and O–H groups in total. The van der Waals surface area contributed by atoms with Crippen LogP contribution in [0.25, 0.3) is 0 Å². The maximum atomic E-state index is 12.7. The normalized spacial score (nSPS) is 23.5. The van der Waals surface area contributed by atoms with Crippen LogP contribution in [0.2, 0.25) is 0 Å². The van der Waals surface area contributed by atoms with Crippen molar-refractivity contribution in [1.82, 2.24) is 0 Å². The molecule has 14 heteroatoms. The van der Waals surface area contributed by atoms with Crippen molar-refractivity contribution >= 4 is 19.8 Å². The van der Waals surface area contributed by atoms with Gasteiger partial charge in [0.05, 0.1) is 6.61 Å². The minimum atomic E-state index is -5.11. The molecule has 1 aliphatic rings. The molecule has 1 saturated carbocycles. The number of rotatable bonds is 33. The summed E-state index contributed by atoms with van der Waals surface area (Å²) in [4.78, 5) is 35.4. The van der Waals surface area contributed by atoms with Gasteiger partial charge in [-0.1, -0.05) is 129 Å². The van der Waals surface area contributed by atoms with Gasteiger partial charge in [-0.3, -0.25) is 18.6 Å². The summed E-state index contributed by atoms with van der Waals surface area (Å²) in [5, 5.41) is 49.9. The van der Waals surface area contributed by atoms with E-state index >= 15 is 0 Å². The number of phosphoric ester groups is 1. The predicted octanol–water partition coefficient (Wildman–Crippen LogP) is 6.72. The first-order valence-electron chi connectivity index (χ1n) is 20.5. The van der Waals surface area contributed by atoms with Gasteiger partial charge in [0, 0.05) is 12.8 Å². The monoisotopic (exact) mass is 780 g/mol. The van der Waals surface area contributed by atoms with Crippen molar-refractivity contribution in [3.05, 3.63) is 12.2 Å². The lowest BCUT2D eigenvalue weighted by Gasteiger charge is -2.41. The molecule has 0 amide bonds. The van der Waals surface area contributed by atoms with Crippen LogP contribution in [-0.2, 0) is 32.7 Å². The first-order valence-corrected chi connectivity index (χ1v) is 22.0. The molecule has 0 saturated heterocycles. The Hall–Kier alpha value is -1.41. The van der Waals surface area contributed by atoms with Crippen molar-refractivity contribution < 1.29 is 63.1 Å². The number of carbonyl (C=O) groups excluding carboxylic acids is 2. The molecule has 0 radical (unpaired) electrons. The zero-order valence-corrected chi connectivity index (χ0v) is 33.5. The summed E-state index contributed by atoms with van der Waals surface area (Å²) in [5.74, 6) is -1.12. The molecule has 13 nitrogen and oxygen atoms in total. The highest BCUT2D eigenvalue weighted by Gasteiger charge is 2.51. The molecule has 312 valence electrons. The fourth-order valence-corrected chi connectivity index (χ4v) is 7.19. The van der Waals surface area contributed by atoms with Gasteiger partial charge in [-0.15, -0.1) is 0 Å². The lowest BCUT2D eigenvalue weighted by molar-refractivity contribution is -0.220. The van der Waals surface area contributed by atoms with Crippen molar-refractivity contribution in [2.45, 2.75) is 211 Å². The molecule has 0 aromatic rings. The van der Waals surface area contributed by atoms with E-state index < -0.39 is 75.7 Å². The number of ether oxygens (including phenoxy) is 2. The summed E-state index contributed by atoms with van der Waals surface area (Å²) >= 11 is 0. The maximum Gasteiger partial charge on any atom is 0.472 e. The molecule has 8 atom stereocenters. The van der Waals surface area contributed by atoms with Crippen molar-refractivity contribution in [3.63, 3.8) is 0 Å². The topological polar surface area (TPSA) is 210 Å². The van der Waals surface area contributed by atoms with Gasteiger partial charge in [-0.05, 0) is 38.5 Å². The van der Waals surface area contributed by atoms with Crippen molar-refractivity contribution in [1.29, 1.82) is 0 Å². The third-order valence-electron chi connectivity index (χ3n) is 9.61. The van der Waals surface area contributed by atoms with Gasteiger partial charge in [0.1, 0.15) is 43.2 Å². The quantitative estimate of drug-likeness (QED) is 0.0177. The van der Waals surface area contributed by atoms with Crippen LogP contribution in [0.15, 0.2) is 12.2 Å². The third-order valence-corrected chi connectivity index (χ3v) is 10.6. The number of aliphatic hydroxyl groups is 5. The van der Waals surface area contributed by atoms with Crippen LogP contribution in [0.1, 0.15) is 168 Å². The standard InChI is InChI=1S/C39H73O13P/c1-3-5-7-9-11-13-14-15-16-17-18-20-21-23-25-27-32(40)49-29-31(51-33(41)28-26-24-22-19-12-10-8-6-4-2)30-50-53(47,48)52-39-37(45)35(43)34(42)36(44)38(39)46/h18,20,31,34-39,42-46H,3-17,19,21-30H2,1-2H3,(H,47,48)/b20-18+/t31-,34?,35-,36?,37?,38?,39?/m0/s1. The molecule has 53 heavy (non-hydrogen) atoms. The van der Waals surface area contributed by atoms with Crippen LogP contribution in [-0.4, -0.2) is 98.3 Å². The molecule has 0 aliphatic heterocycles. The molecular formula is C39H73O13P. The van der Waals surface area contributed by atoms with Gasteiger partial charge in [0.15, 0.2) is 6.10 Å². The summed E-state index contributed by atoms with van der Waals surface area (Å²) in [6.45, 7) is 3.23. The SMILES string of the molecule is CCCCCCCCCCC/C=C/CCCCC(=O)OC[C@@H](COP(=O)(O)OC1C(O)C(O)C(O)[C@H](O)C1O)OC(=O)CCCCCCCCCCC. The number of hydrogen-bond donors (Lipinski definition) is 6. The number of phosphoric acid groups is 1. The zero-order chi connectivity index (χ0) is 39.3. The Balaban J connectivity index is 2.50. The van der Waals surface area contributed by atoms with Gasteiger partial charge >= 0.3 is 19.8 Å². The number of esters is 2. The molecule has 0 heterocycles. The molecule has 6 unspecified atom stereocenters. The van der Waals surface area contributed by atoms with Crippen LogP contribution in [0.5, 0.6) is 0 Å². The Morgan fingerprint density at radius 3 is 1.47 bits per heavy atom. The van der Waals surface area contributed by atoms with E-state index in [1.807, 2.05) is 0 Å². The Labute approximate surface area is 318 Å². The van der Waals surface area contributed by atoms with E-state index in [4.69, 9.17) is 18.5 Å². The fourth-order valence-electron chi connectivity index (χ4n) is 6.22. The van der Waals surface area contributed by atoms with Gasteiger partial charge in [0.2, 0.25) is 0 Å². The number of aliphatic hydroxyl groups excluding tert-OH is 5. The number of allylic oxidation sites excluding steroid dienone is 2. The Kier molecular flexibility index (Phi) is 28.8. The second-order valence-electron chi connectivity index (χ2n) is 14.5. The smallest absolute Gasteiger partial charge is 0.462 e. The van der Waals surface area contributed by atoms with Crippen LogP contribution >= 0.6 is 7.82 Å². The molecule has 1 aliphatic carbocycles. The van der Waals surface area contributed by atoms with Crippen LogP contribution in [0.4, 0.5) is 0 Å². The van der Waals surface area contributed by atoms with Gasteiger partial charge < -0.3 is 39.9 Å². The Bertz CT molecular complexity index is 996. The summed E-state index contributed by atoms with van der Waals surface area (Å²) in [6.07, 6.45) is 15.9. The van der Waals surface area contributed by atoms with Gasteiger partial charge in [-0.25, -0.2) is 4.57 Å². The number of unbranched alkanes of at least 4 members (excludes halogenated alkanes) is 19. The molecular weight excluding hydrogens is 707 g/mol. The highest BCUT2D eigenvalue weighted by Crippen LogP contribution is 2.47. The minimum absolute atomic E-state index is 0.0960. The molecule has 1 fully saturated rings. The third kappa shape index (κ3) is 24.0. The fraction of sp³-hybridized carbons (Fsp3) is 0.897. The number of carbonyl (C=O) groups is 2. The Morgan fingerprint density at radius 2 is 0.962 bits per heavy atom. The van der Waals surface area contributed by atoms with Crippen molar-refractivity contribution in [3.8, 4) is 0 Å². The van der Waals surface area contributed by atoms with E-state index in [1.165, 1.54) is 83.5 Å². The second kappa shape index (κ2) is 30.8. The van der Waals surface area contributed by atoms with E-state index in [0.29, 0.717) is 12.8 Å². The zero-order valence-electron chi connectivity index (χ0n) is 32.6. The Morgan fingerprint density at radius 1 is 0.566 bits per heavy atom. The first-order chi connectivity index (χ1) is 25.4. The first kappa shape index (κ1) is 49.6. The van der Waals surface area contributed by atoms with E-state index in [-0.39, 0.29) is 12.8 Å². The summed E-state index contributed by atoms with van der Waals surface area (Å²) < 4.78 is 33.3. The summed E-state index contributed by atoms with van der Waals surface area (Å²) in [5.41, 5.74) is 0.